The van der Waals surface area contributed by atoms with Gasteiger partial charge in [-0.25, -0.2) is 15.8 Å². The molecular formula is C14H18N4O2. The van der Waals surface area contributed by atoms with Crippen LogP contribution in [-0.4, -0.2) is 21.7 Å². The molecule has 0 radical (unpaired) electrons. The minimum absolute atomic E-state index is 0.137. The van der Waals surface area contributed by atoms with Gasteiger partial charge in [0.25, 0.3) is 0 Å². The summed E-state index contributed by atoms with van der Waals surface area (Å²) in [5.41, 5.74) is 4.43. The zero-order chi connectivity index (χ0) is 14.4. The van der Waals surface area contributed by atoms with E-state index < -0.39 is 0 Å². The largest absolute Gasteiger partial charge is 0.439 e. The predicted octanol–water partition coefficient (Wildman–Crippen LogP) is 1.65. The van der Waals surface area contributed by atoms with Crippen molar-refractivity contribution in [3.8, 4) is 11.6 Å². The summed E-state index contributed by atoms with van der Waals surface area (Å²) in [5, 5.41) is 8.88. The maximum absolute atomic E-state index is 8.88. The van der Waals surface area contributed by atoms with Crippen LogP contribution in [0.1, 0.15) is 18.1 Å². The van der Waals surface area contributed by atoms with Crippen molar-refractivity contribution in [3.05, 3.63) is 41.7 Å². The van der Waals surface area contributed by atoms with E-state index in [0.717, 1.165) is 11.1 Å². The number of nitrogens with two attached hydrogens (primary N) is 1. The van der Waals surface area contributed by atoms with Gasteiger partial charge in [-0.2, -0.15) is 0 Å². The summed E-state index contributed by atoms with van der Waals surface area (Å²) >= 11 is 0. The Morgan fingerprint density at radius 1 is 1.25 bits per heavy atom. The van der Waals surface area contributed by atoms with Crippen LogP contribution in [0.25, 0.3) is 0 Å². The first-order valence-electron chi connectivity index (χ1n) is 6.46. The molecule has 4 N–H and O–H groups in total. The zero-order valence-corrected chi connectivity index (χ0v) is 11.3. The van der Waals surface area contributed by atoms with Gasteiger partial charge in [0.15, 0.2) is 0 Å². The third-order valence-corrected chi connectivity index (χ3v) is 2.93. The quantitative estimate of drug-likeness (QED) is 0.548. The molecule has 6 nitrogen and oxygen atoms in total. The Bertz CT molecular complexity index is 558. The number of aromatic nitrogens is 2. The van der Waals surface area contributed by atoms with E-state index in [9.17, 15) is 0 Å². The van der Waals surface area contributed by atoms with Gasteiger partial charge >= 0.3 is 0 Å². The molecule has 6 heteroatoms. The topological polar surface area (TPSA) is 93.3 Å². The maximum Gasteiger partial charge on any atom is 0.227 e. The molecule has 0 spiro atoms. The van der Waals surface area contributed by atoms with Crippen LogP contribution in [0, 0.1) is 0 Å². The number of hydrazine groups is 1. The molecule has 0 aliphatic heterocycles. The highest BCUT2D eigenvalue weighted by atomic mass is 16.5. The first-order chi connectivity index (χ1) is 9.78. The number of rotatable bonds is 6. The van der Waals surface area contributed by atoms with E-state index in [1.54, 1.807) is 0 Å². The molecule has 2 rings (SSSR count). The second-order valence-electron chi connectivity index (χ2n) is 4.22. The fourth-order valence-electron chi connectivity index (χ4n) is 1.89. The summed E-state index contributed by atoms with van der Waals surface area (Å²) in [6.45, 7) is 2.12. The highest BCUT2D eigenvalue weighted by Gasteiger charge is 2.11. The van der Waals surface area contributed by atoms with Crippen molar-refractivity contribution in [1.29, 1.82) is 0 Å². The Kier molecular flexibility index (Phi) is 4.86. The lowest BCUT2D eigenvalue weighted by Crippen LogP contribution is -2.12. The van der Waals surface area contributed by atoms with Crippen LogP contribution < -0.4 is 16.0 Å². The molecule has 0 amide bonds. The first kappa shape index (κ1) is 14.2. The van der Waals surface area contributed by atoms with Crippen molar-refractivity contribution >= 4 is 5.82 Å². The van der Waals surface area contributed by atoms with Crippen LogP contribution >= 0.6 is 0 Å². The summed E-state index contributed by atoms with van der Waals surface area (Å²) in [5.74, 6) is 7.16. The Morgan fingerprint density at radius 3 is 2.60 bits per heavy atom. The number of aliphatic hydroxyl groups excluding tert-OH is 1. The second-order valence-corrected chi connectivity index (χ2v) is 4.22. The Hall–Kier alpha value is -2.18. The molecule has 20 heavy (non-hydrogen) atoms. The van der Waals surface area contributed by atoms with E-state index in [4.69, 9.17) is 15.7 Å². The summed E-state index contributed by atoms with van der Waals surface area (Å²) < 4.78 is 5.77. The van der Waals surface area contributed by atoms with Crippen LogP contribution in [0.4, 0.5) is 5.82 Å². The minimum atomic E-state index is 0.137. The van der Waals surface area contributed by atoms with Crippen LogP contribution in [0.15, 0.2) is 30.6 Å². The highest BCUT2D eigenvalue weighted by molar-refractivity contribution is 5.48. The average molecular weight is 274 g/mol. The number of aliphatic hydroxyl groups is 1. The molecule has 1 heterocycles. The number of hydrogen-bond donors (Lipinski definition) is 3. The van der Waals surface area contributed by atoms with Gasteiger partial charge in [0, 0.05) is 6.61 Å². The smallest absolute Gasteiger partial charge is 0.227 e. The monoisotopic (exact) mass is 274 g/mol. The SMILES string of the molecule is CCc1c(NN)ncnc1Oc1ccc(CCO)cc1. The van der Waals surface area contributed by atoms with E-state index in [1.807, 2.05) is 31.2 Å². The van der Waals surface area contributed by atoms with Gasteiger partial charge in [0.05, 0.1) is 5.56 Å². The van der Waals surface area contributed by atoms with Crippen LogP contribution in [-0.2, 0) is 12.8 Å². The van der Waals surface area contributed by atoms with E-state index in [2.05, 4.69) is 15.4 Å². The molecule has 0 atom stereocenters. The fraction of sp³-hybridized carbons (Fsp3) is 0.286. The number of ether oxygens (including phenoxy) is 1. The van der Waals surface area contributed by atoms with Crippen molar-refractivity contribution in [2.24, 2.45) is 5.84 Å². The van der Waals surface area contributed by atoms with Crippen molar-refractivity contribution in [1.82, 2.24) is 9.97 Å². The lowest BCUT2D eigenvalue weighted by Gasteiger charge is -2.11. The van der Waals surface area contributed by atoms with Crippen molar-refractivity contribution < 1.29 is 9.84 Å². The van der Waals surface area contributed by atoms with Crippen LogP contribution in [0.2, 0.25) is 0 Å². The summed E-state index contributed by atoms with van der Waals surface area (Å²) in [6.07, 6.45) is 2.75. The maximum atomic E-state index is 8.88. The predicted molar refractivity (Wildman–Crippen MR) is 76.5 cm³/mol. The Balaban J connectivity index is 2.21. The second kappa shape index (κ2) is 6.83. The summed E-state index contributed by atoms with van der Waals surface area (Å²) in [4.78, 5) is 8.20. The lowest BCUT2D eigenvalue weighted by molar-refractivity contribution is 0.299. The van der Waals surface area contributed by atoms with Gasteiger partial charge in [-0.1, -0.05) is 19.1 Å². The zero-order valence-electron chi connectivity index (χ0n) is 11.3. The molecule has 0 aliphatic carbocycles. The number of anilines is 1. The Morgan fingerprint density at radius 2 is 2.00 bits per heavy atom. The van der Waals surface area contributed by atoms with Gasteiger partial charge in [-0.3, -0.25) is 0 Å². The van der Waals surface area contributed by atoms with Gasteiger partial charge < -0.3 is 15.3 Å². The third kappa shape index (κ3) is 3.23. The van der Waals surface area contributed by atoms with E-state index in [0.29, 0.717) is 30.3 Å². The van der Waals surface area contributed by atoms with Gasteiger partial charge in [-0.05, 0) is 30.5 Å². The van der Waals surface area contributed by atoms with Crippen molar-refractivity contribution in [3.63, 3.8) is 0 Å². The van der Waals surface area contributed by atoms with Crippen LogP contribution in [0.5, 0.6) is 11.6 Å². The van der Waals surface area contributed by atoms with E-state index in [-0.39, 0.29) is 6.61 Å². The number of nitrogen functional groups attached to an aromatic ring is 1. The molecule has 0 bridgehead atoms. The van der Waals surface area contributed by atoms with Gasteiger partial charge in [-0.15, -0.1) is 0 Å². The Labute approximate surface area is 117 Å². The summed E-state index contributed by atoms with van der Waals surface area (Å²) in [6, 6.07) is 7.53. The lowest BCUT2D eigenvalue weighted by atomic mass is 10.1. The molecule has 0 aliphatic rings. The van der Waals surface area contributed by atoms with Crippen molar-refractivity contribution in [2.45, 2.75) is 19.8 Å². The standard InChI is InChI=1S/C14H18N4O2/c1-2-12-13(18-15)16-9-17-14(12)20-11-5-3-10(4-6-11)7-8-19/h3-6,9,19H,2,7-8,15H2,1H3,(H,16,17,18). The molecule has 0 saturated carbocycles. The molecule has 1 aromatic heterocycles. The molecule has 0 unspecified atom stereocenters. The van der Waals surface area contributed by atoms with Gasteiger partial charge in [0.1, 0.15) is 17.9 Å². The van der Waals surface area contributed by atoms with Crippen LogP contribution in [0.3, 0.4) is 0 Å². The minimum Gasteiger partial charge on any atom is -0.439 e. The number of nitrogens with one attached hydrogen (secondary N) is 1. The van der Waals surface area contributed by atoms with E-state index >= 15 is 0 Å². The molecule has 2 aromatic rings. The van der Waals surface area contributed by atoms with E-state index in [1.165, 1.54) is 6.33 Å². The molecular weight excluding hydrogens is 256 g/mol. The summed E-state index contributed by atoms with van der Waals surface area (Å²) in [7, 11) is 0. The normalized spacial score (nSPS) is 10.3. The molecule has 0 fully saturated rings. The highest BCUT2D eigenvalue weighted by Crippen LogP contribution is 2.27. The fourth-order valence-corrected chi connectivity index (χ4v) is 1.89. The number of hydrogen-bond acceptors (Lipinski definition) is 6. The first-order valence-corrected chi connectivity index (χ1v) is 6.46. The average Bonchev–Trinajstić information content (AvgIpc) is 2.49. The molecule has 0 saturated heterocycles. The number of benzene rings is 1. The number of nitrogens with zero attached hydrogens (tertiary/aromatic N) is 2. The molecule has 1 aromatic carbocycles. The van der Waals surface area contributed by atoms with Crippen molar-refractivity contribution in [2.75, 3.05) is 12.0 Å². The third-order valence-electron chi connectivity index (χ3n) is 2.93. The van der Waals surface area contributed by atoms with Gasteiger partial charge in [0.2, 0.25) is 5.88 Å². The molecule has 106 valence electrons.